The van der Waals surface area contributed by atoms with Crippen molar-refractivity contribution < 1.29 is 23.9 Å². The summed E-state index contributed by atoms with van der Waals surface area (Å²) >= 11 is 0. The van der Waals surface area contributed by atoms with Gasteiger partial charge in [-0.3, -0.25) is 14.9 Å². The number of benzene rings is 1. The summed E-state index contributed by atoms with van der Waals surface area (Å²) in [6, 6.07) is 4.23. The SMILES string of the molecule is COc1ccc(OC)c(CN(C(=O)C[C@@H]2NC(=O)NC2=O)C2CCCC2)c1. The molecule has 2 N–H and O–H groups in total. The van der Waals surface area contributed by atoms with E-state index in [2.05, 4.69) is 10.6 Å². The highest BCUT2D eigenvalue weighted by molar-refractivity contribution is 6.05. The fraction of sp³-hybridized carbons (Fsp3) is 0.526. The molecule has 1 saturated carbocycles. The molecule has 4 amide bonds. The molecule has 1 atom stereocenters. The van der Waals surface area contributed by atoms with Crippen LogP contribution in [0.3, 0.4) is 0 Å². The van der Waals surface area contributed by atoms with Crippen molar-refractivity contribution in [1.29, 1.82) is 0 Å². The molecule has 0 unspecified atom stereocenters. The molecule has 2 aliphatic rings. The molecular weight excluding hydrogens is 350 g/mol. The molecule has 0 bridgehead atoms. The van der Waals surface area contributed by atoms with Gasteiger partial charge in [0.05, 0.1) is 20.6 Å². The van der Waals surface area contributed by atoms with Crippen LogP contribution in [0.5, 0.6) is 11.5 Å². The standard InChI is InChI=1S/C19H25N3O5/c1-26-14-7-8-16(27-2)12(9-14)11-22(13-5-3-4-6-13)17(23)10-15-18(24)21-19(25)20-15/h7-9,13,15H,3-6,10-11H2,1-2H3,(H2,20,21,24,25)/t15-/m0/s1. The van der Waals surface area contributed by atoms with Gasteiger partial charge in [-0.2, -0.15) is 0 Å². The Hall–Kier alpha value is -2.77. The predicted octanol–water partition coefficient (Wildman–Crippen LogP) is 1.57. The first-order valence-corrected chi connectivity index (χ1v) is 9.13. The van der Waals surface area contributed by atoms with E-state index in [-0.39, 0.29) is 18.4 Å². The van der Waals surface area contributed by atoms with Gasteiger partial charge in [0.2, 0.25) is 5.91 Å². The molecule has 1 aromatic carbocycles. The molecule has 8 heteroatoms. The molecule has 2 fully saturated rings. The van der Waals surface area contributed by atoms with E-state index >= 15 is 0 Å². The minimum atomic E-state index is -0.818. The Balaban J connectivity index is 1.80. The van der Waals surface area contributed by atoms with Crippen molar-refractivity contribution in [3.05, 3.63) is 23.8 Å². The third-order valence-electron chi connectivity index (χ3n) is 5.15. The summed E-state index contributed by atoms with van der Waals surface area (Å²) < 4.78 is 10.7. The molecule has 1 saturated heterocycles. The monoisotopic (exact) mass is 375 g/mol. The lowest BCUT2D eigenvalue weighted by Crippen LogP contribution is -2.42. The lowest BCUT2D eigenvalue weighted by atomic mass is 10.1. The van der Waals surface area contributed by atoms with Crippen LogP contribution < -0.4 is 20.1 Å². The van der Waals surface area contributed by atoms with E-state index in [9.17, 15) is 14.4 Å². The summed E-state index contributed by atoms with van der Waals surface area (Å²) in [5, 5.41) is 4.66. The summed E-state index contributed by atoms with van der Waals surface area (Å²) in [6.45, 7) is 0.367. The van der Waals surface area contributed by atoms with E-state index < -0.39 is 18.0 Å². The maximum atomic E-state index is 13.0. The normalized spacial score (nSPS) is 19.6. The van der Waals surface area contributed by atoms with Crippen LogP contribution in [0.15, 0.2) is 18.2 Å². The zero-order chi connectivity index (χ0) is 19.4. The first kappa shape index (κ1) is 19.0. The van der Waals surface area contributed by atoms with Gasteiger partial charge in [0, 0.05) is 18.2 Å². The number of rotatable bonds is 7. The zero-order valence-corrected chi connectivity index (χ0v) is 15.6. The molecule has 3 rings (SSSR count). The van der Waals surface area contributed by atoms with Crippen LogP contribution in [0.2, 0.25) is 0 Å². The van der Waals surface area contributed by atoms with Crippen LogP contribution in [0.4, 0.5) is 4.79 Å². The Morgan fingerprint density at radius 2 is 1.93 bits per heavy atom. The van der Waals surface area contributed by atoms with Crippen molar-refractivity contribution in [3.8, 4) is 11.5 Å². The minimum absolute atomic E-state index is 0.0552. The topological polar surface area (TPSA) is 97.0 Å². The Labute approximate surface area is 158 Å². The molecule has 1 aliphatic heterocycles. The van der Waals surface area contributed by atoms with Gasteiger partial charge >= 0.3 is 6.03 Å². The fourth-order valence-electron chi connectivity index (χ4n) is 3.72. The quantitative estimate of drug-likeness (QED) is 0.705. The van der Waals surface area contributed by atoms with Crippen LogP contribution in [0, 0.1) is 0 Å². The van der Waals surface area contributed by atoms with Gasteiger partial charge in [-0.25, -0.2) is 4.79 Å². The summed E-state index contributed by atoms with van der Waals surface area (Å²) in [5.41, 5.74) is 0.844. The van der Waals surface area contributed by atoms with E-state index in [1.54, 1.807) is 14.2 Å². The van der Waals surface area contributed by atoms with Crippen LogP contribution in [0.1, 0.15) is 37.7 Å². The molecule has 146 valence electrons. The number of amides is 4. The number of urea groups is 1. The highest BCUT2D eigenvalue weighted by Crippen LogP contribution is 2.30. The second-order valence-corrected chi connectivity index (χ2v) is 6.86. The molecule has 27 heavy (non-hydrogen) atoms. The maximum absolute atomic E-state index is 13.0. The van der Waals surface area contributed by atoms with Gasteiger partial charge in [0.15, 0.2) is 0 Å². The van der Waals surface area contributed by atoms with Gasteiger partial charge in [-0.1, -0.05) is 12.8 Å². The minimum Gasteiger partial charge on any atom is -0.497 e. The first-order valence-electron chi connectivity index (χ1n) is 9.13. The summed E-state index contributed by atoms with van der Waals surface area (Å²) in [4.78, 5) is 37.9. The van der Waals surface area contributed by atoms with Crippen molar-refractivity contribution in [2.75, 3.05) is 14.2 Å². The van der Waals surface area contributed by atoms with Crippen molar-refractivity contribution >= 4 is 17.8 Å². The van der Waals surface area contributed by atoms with Crippen LogP contribution in [-0.2, 0) is 16.1 Å². The average Bonchev–Trinajstić information content (AvgIpc) is 3.29. The van der Waals surface area contributed by atoms with E-state index in [4.69, 9.17) is 9.47 Å². The molecule has 1 aromatic rings. The van der Waals surface area contributed by atoms with Crippen LogP contribution in [-0.4, -0.2) is 49.0 Å². The fourth-order valence-corrected chi connectivity index (χ4v) is 3.72. The van der Waals surface area contributed by atoms with E-state index in [0.29, 0.717) is 18.0 Å². The van der Waals surface area contributed by atoms with Crippen LogP contribution in [0.25, 0.3) is 0 Å². The zero-order valence-electron chi connectivity index (χ0n) is 15.6. The lowest BCUT2D eigenvalue weighted by Gasteiger charge is -2.30. The van der Waals surface area contributed by atoms with Crippen LogP contribution >= 0.6 is 0 Å². The van der Waals surface area contributed by atoms with Crippen molar-refractivity contribution in [3.63, 3.8) is 0 Å². The third kappa shape index (κ3) is 4.32. The smallest absolute Gasteiger partial charge is 0.322 e. The number of nitrogens with zero attached hydrogens (tertiary/aromatic N) is 1. The molecule has 1 heterocycles. The number of carbonyl (C=O) groups excluding carboxylic acids is 3. The second kappa shape index (κ2) is 8.28. The Bertz CT molecular complexity index is 730. The predicted molar refractivity (Wildman–Crippen MR) is 97.4 cm³/mol. The molecular formula is C19H25N3O5. The number of methoxy groups -OCH3 is 2. The largest absolute Gasteiger partial charge is 0.497 e. The van der Waals surface area contributed by atoms with Gasteiger partial charge in [0.25, 0.3) is 5.91 Å². The van der Waals surface area contributed by atoms with Gasteiger partial charge in [0.1, 0.15) is 17.5 Å². The molecule has 1 aliphatic carbocycles. The summed E-state index contributed by atoms with van der Waals surface area (Å²) in [5.74, 6) is 0.748. The lowest BCUT2D eigenvalue weighted by molar-refractivity contribution is -0.136. The van der Waals surface area contributed by atoms with Gasteiger partial charge in [-0.05, 0) is 31.0 Å². The molecule has 0 radical (unpaired) electrons. The highest BCUT2D eigenvalue weighted by Gasteiger charge is 2.35. The summed E-state index contributed by atoms with van der Waals surface area (Å²) in [7, 11) is 3.18. The second-order valence-electron chi connectivity index (χ2n) is 6.86. The molecule has 0 spiro atoms. The third-order valence-corrected chi connectivity index (χ3v) is 5.15. The first-order chi connectivity index (χ1) is 13.0. The van der Waals surface area contributed by atoms with Gasteiger partial charge in [-0.15, -0.1) is 0 Å². The molecule has 0 aromatic heterocycles. The Morgan fingerprint density at radius 1 is 1.19 bits per heavy atom. The number of hydrogen-bond donors (Lipinski definition) is 2. The number of imide groups is 1. The number of carbonyl (C=O) groups is 3. The van der Waals surface area contributed by atoms with Crippen molar-refractivity contribution in [1.82, 2.24) is 15.5 Å². The van der Waals surface area contributed by atoms with Gasteiger partial charge < -0.3 is 19.7 Å². The Morgan fingerprint density at radius 3 is 2.52 bits per heavy atom. The molecule has 8 nitrogen and oxygen atoms in total. The van der Waals surface area contributed by atoms with E-state index in [1.165, 1.54) is 0 Å². The van der Waals surface area contributed by atoms with Crippen molar-refractivity contribution in [2.24, 2.45) is 0 Å². The van der Waals surface area contributed by atoms with E-state index in [1.807, 2.05) is 23.1 Å². The number of nitrogens with one attached hydrogen (secondary N) is 2. The number of ether oxygens (including phenoxy) is 2. The maximum Gasteiger partial charge on any atom is 0.322 e. The number of hydrogen-bond acceptors (Lipinski definition) is 5. The Kier molecular flexibility index (Phi) is 5.83. The van der Waals surface area contributed by atoms with Crippen molar-refractivity contribution in [2.45, 2.75) is 50.7 Å². The van der Waals surface area contributed by atoms with E-state index in [0.717, 1.165) is 31.2 Å². The average molecular weight is 375 g/mol. The highest BCUT2D eigenvalue weighted by atomic mass is 16.5. The summed E-state index contributed by atoms with van der Waals surface area (Å²) in [6.07, 6.45) is 3.96.